The second-order valence-corrected chi connectivity index (χ2v) is 8.44. The Bertz CT molecular complexity index is 653. The molecular weight excluding hydrogens is 338 g/mol. The number of benzene rings is 1. The van der Waals surface area contributed by atoms with E-state index in [0.29, 0.717) is 6.54 Å². The first-order valence-corrected chi connectivity index (χ1v) is 10.6. The monoisotopic (exact) mass is 369 g/mol. The Morgan fingerprint density at radius 1 is 0.963 bits per heavy atom. The highest BCUT2D eigenvalue weighted by atomic mass is 16.2. The Morgan fingerprint density at radius 3 is 2.22 bits per heavy atom. The van der Waals surface area contributed by atoms with E-state index in [-0.39, 0.29) is 17.7 Å². The molecular formula is C22H31N3O2. The first-order chi connectivity index (χ1) is 13.2. The summed E-state index contributed by atoms with van der Waals surface area (Å²) < 4.78 is 0. The van der Waals surface area contributed by atoms with Crippen molar-refractivity contribution in [1.82, 2.24) is 15.5 Å². The van der Waals surface area contributed by atoms with Crippen molar-refractivity contribution in [3.8, 4) is 0 Å². The van der Waals surface area contributed by atoms with Crippen LogP contribution in [0.15, 0.2) is 24.3 Å². The number of hydrogen-bond donors (Lipinski definition) is 2. The second-order valence-electron chi connectivity index (χ2n) is 8.44. The molecule has 0 aromatic heterocycles. The third-order valence-electron chi connectivity index (χ3n) is 6.70. The van der Waals surface area contributed by atoms with Gasteiger partial charge in [0, 0.05) is 31.1 Å². The maximum absolute atomic E-state index is 12.9. The zero-order valence-corrected chi connectivity index (χ0v) is 16.1. The number of carbonyl (C=O) groups is 2. The summed E-state index contributed by atoms with van der Waals surface area (Å²) >= 11 is 0. The van der Waals surface area contributed by atoms with E-state index in [1.165, 1.54) is 12.8 Å². The third kappa shape index (κ3) is 4.34. The SMILES string of the molecule is O=C(NCc1ccc(C(=O)N2CC[C@@H]3CNC[C@@H]3CC2)cc1)C1CCCC1. The molecule has 1 aromatic carbocycles. The molecule has 2 aliphatic heterocycles. The van der Waals surface area contributed by atoms with Crippen molar-refractivity contribution in [2.75, 3.05) is 26.2 Å². The molecule has 0 unspecified atom stereocenters. The highest BCUT2D eigenvalue weighted by Crippen LogP contribution is 2.28. The van der Waals surface area contributed by atoms with E-state index >= 15 is 0 Å². The lowest BCUT2D eigenvalue weighted by atomic mass is 9.92. The lowest BCUT2D eigenvalue weighted by Gasteiger charge is -2.21. The first kappa shape index (κ1) is 18.5. The van der Waals surface area contributed by atoms with Crippen LogP contribution in [0.25, 0.3) is 0 Å². The number of rotatable bonds is 4. The summed E-state index contributed by atoms with van der Waals surface area (Å²) in [5.41, 5.74) is 1.81. The van der Waals surface area contributed by atoms with Crippen LogP contribution < -0.4 is 10.6 Å². The molecule has 27 heavy (non-hydrogen) atoms. The zero-order valence-electron chi connectivity index (χ0n) is 16.1. The van der Waals surface area contributed by atoms with Crippen LogP contribution in [0, 0.1) is 17.8 Å². The van der Waals surface area contributed by atoms with Gasteiger partial charge in [-0.15, -0.1) is 0 Å². The van der Waals surface area contributed by atoms with Crippen molar-refractivity contribution in [2.45, 2.75) is 45.1 Å². The van der Waals surface area contributed by atoms with Crippen LogP contribution in [0.5, 0.6) is 0 Å². The van der Waals surface area contributed by atoms with Crippen molar-refractivity contribution >= 4 is 11.8 Å². The predicted molar refractivity (Wildman–Crippen MR) is 105 cm³/mol. The summed E-state index contributed by atoms with van der Waals surface area (Å²) in [5.74, 6) is 1.98. The minimum Gasteiger partial charge on any atom is -0.352 e. The van der Waals surface area contributed by atoms with Gasteiger partial charge in [-0.2, -0.15) is 0 Å². The molecule has 3 fully saturated rings. The number of nitrogens with one attached hydrogen (secondary N) is 2. The summed E-state index contributed by atoms with van der Waals surface area (Å²) in [7, 11) is 0. The minimum atomic E-state index is 0.143. The van der Waals surface area contributed by atoms with Gasteiger partial charge in [0.25, 0.3) is 5.91 Å². The third-order valence-corrected chi connectivity index (χ3v) is 6.70. The molecule has 5 nitrogen and oxygen atoms in total. The van der Waals surface area contributed by atoms with Crippen LogP contribution in [0.3, 0.4) is 0 Å². The van der Waals surface area contributed by atoms with Crippen molar-refractivity contribution in [3.63, 3.8) is 0 Å². The van der Waals surface area contributed by atoms with Crippen LogP contribution in [0.2, 0.25) is 0 Å². The number of likely N-dealkylation sites (tertiary alicyclic amines) is 1. The lowest BCUT2D eigenvalue weighted by Crippen LogP contribution is -2.32. The van der Waals surface area contributed by atoms with Gasteiger partial charge in [-0.05, 0) is 68.3 Å². The average molecular weight is 370 g/mol. The van der Waals surface area contributed by atoms with Gasteiger partial charge in [0.2, 0.25) is 5.91 Å². The normalized spacial score (nSPS) is 25.9. The molecule has 0 bridgehead atoms. The molecule has 2 saturated heterocycles. The van der Waals surface area contributed by atoms with E-state index in [0.717, 1.165) is 74.8 Å². The van der Waals surface area contributed by atoms with Crippen LogP contribution in [-0.4, -0.2) is 42.9 Å². The summed E-state index contributed by atoms with van der Waals surface area (Å²) in [6, 6.07) is 7.76. The zero-order chi connectivity index (χ0) is 18.6. The minimum absolute atomic E-state index is 0.143. The lowest BCUT2D eigenvalue weighted by molar-refractivity contribution is -0.124. The van der Waals surface area contributed by atoms with E-state index in [4.69, 9.17) is 0 Å². The molecule has 146 valence electrons. The quantitative estimate of drug-likeness (QED) is 0.857. The molecule has 2 atom stereocenters. The summed E-state index contributed by atoms with van der Waals surface area (Å²) in [4.78, 5) is 27.0. The second kappa shape index (κ2) is 8.42. The van der Waals surface area contributed by atoms with Crippen LogP contribution in [-0.2, 0) is 11.3 Å². The Labute approximate surface area is 161 Å². The van der Waals surface area contributed by atoms with Gasteiger partial charge in [0.05, 0.1) is 0 Å². The summed E-state index contributed by atoms with van der Waals surface area (Å²) in [5, 5.41) is 6.52. The van der Waals surface area contributed by atoms with Crippen LogP contribution in [0.4, 0.5) is 0 Å². The average Bonchev–Trinajstić information content (AvgIpc) is 3.35. The smallest absolute Gasteiger partial charge is 0.253 e. The summed E-state index contributed by atoms with van der Waals surface area (Å²) in [6.45, 7) is 4.48. The molecule has 5 heteroatoms. The van der Waals surface area contributed by atoms with Gasteiger partial charge in [-0.3, -0.25) is 9.59 Å². The molecule has 4 rings (SSSR count). The number of carbonyl (C=O) groups excluding carboxylic acids is 2. The molecule has 1 saturated carbocycles. The Kier molecular flexibility index (Phi) is 5.77. The highest BCUT2D eigenvalue weighted by Gasteiger charge is 2.31. The molecule has 0 spiro atoms. The van der Waals surface area contributed by atoms with Gasteiger partial charge in [-0.25, -0.2) is 0 Å². The van der Waals surface area contributed by atoms with E-state index in [2.05, 4.69) is 10.6 Å². The number of fused-ring (bicyclic) bond motifs is 1. The van der Waals surface area contributed by atoms with Crippen molar-refractivity contribution in [1.29, 1.82) is 0 Å². The standard InChI is InChI=1S/C22H31N3O2/c26-21(17-3-1-2-4-17)24-13-16-5-7-18(8-6-16)22(27)25-11-9-19-14-23-15-20(19)10-12-25/h5-8,17,19-20,23H,1-4,9-15H2,(H,24,26)/t19-,20+. The topological polar surface area (TPSA) is 61.4 Å². The first-order valence-electron chi connectivity index (χ1n) is 10.6. The van der Waals surface area contributed by atoms with Crippen molar-refractivity contribution in [3.05, 3.63) is 35.4 Å². The van der Waals surface area contributed by atoms with Crippen molar-refractivity contribution in [2.24, 2.45) is 17.8 Å². The molecule has 2 heterocycles. The highest BCUT2D eigenvalue weighted by molar-refractivity contribution is 5.94. The Hall–Kier alpha value is -1.88. The fourth-order valence-corrected chi connectivity index (χ4v) is 4.89. The number of hydrogen-bond acceptors (Lipinski definition) is 3. The van der Waals surface area contributed by atoms with E-state index in [9.17, 15) is 9.59 Å². The number of amides is 2. The maximum atomic E-state index is 12.9. The molecule has 1 aliphatic carbocycles. The van der Waals surface area contributed by atoms with Crippen LogP contribution in [0.1, 0.15) is 54.4 Å². The molecule has 3 aliphatic rings. The molecule has 2 amide bonds. The van der Waals surface area contributed by atoms with E-state index in [1.807, 2.05) is 29.2 Å². The van der Waals surface area contributed by atoms with E-state index in [1.54, 1.807) is 0 Å². The van der Waals surface area contributed by atoms with Gasteiger partial charge in [-0.1, -0.05) is 25.0 Å². The predicted octanol–water partition coefficient (Wildman–Crippen LogP) is 2.56. The largest absolute Gasteiger partial charge is 0.352 e. The van der Waals surface area contributed by atoms with Crippen LogP contribution >= 0.6 is 0 Å². The molecule has 2 N–H and O–H groups in total. The van der Waals surface area contributed by atoms with Gasteiger partial charge in [0.1, 0.15) is 0 Å². The molecule has 1 aromatic rings. The number of nitrogens with zero attached hydrogens (tertiary/aromatic N) is 1. The fourth-order valence-electron chi connectivity index (χ4n) is 4.89. The fraction of sp³-hybridized carbons (Fsp3) is 0.636. The van der Waals surface area contributed by atoms with Gasteiger partial charge >= 0.3 is 0 Å². The summed E-state index contributed by atoms with van der Waals surface area (Å²) in [6.07, 6.45) is 6.59. The van der Waals surface area contributed by atoms with Gasteiger partial charge < -0.3 is 15.5 Å². The van der Waals surface area contributed by atoms with Gasteiger partial charge in [0.15, 0.2) is 0 Å². The van der Waals surface area contributed by atoms with Crippen molar-refractivity contribution < 1.29 is 9.59 Å². The Morgan fingerprint density at radius 2 is 1.59 bits per heavy atom. The maximum Gasteiger partial charge on any atom is 0.253 e. The van der Waals surface area contributed by atoms with E-state index < -0.39 is 0 Å². The Balaban J connectivity index is 1.30. The molecule has 0 radical (unpaired) electrons.